The van der Waals surface area contributed by atoms with Crippen molar-refractivity contribution < 1.29 is 18.7 Å². The van der Waals surface area contributed by atoms with Crippen LogP contribution in [0.5, 0.6) is 0 Å². The van der Waals surface area contributed by atoms with Crippen LogP contribution in [0.2, 0.25) is 5.02 Å². The molecule has 0 spiro atoms. The number of halogens is 2. The first kappa shape index (κ1) is 18.3. The van der Waals surface area contributed by atoms with Crippen molar-refractivity contribution in [3.05, 3.63) is 58.9 Å². The second-order valence-corrected chi connectivity index (χ2v) is 6.65. The van der Waals surface area contributed by atoms with Crippen molar-refractivity contribution >= 4 is 40.9 Å². The van der Waals surface area contributed by atoms with Crippen molar-refractivity contribution in [1.82, 2.24) is 0 Å². The Bertz CT molecular complexity index is 769. The van der Waals surface area contributed by atoms with Gasteiger partial charge in [-0.3, -0.25) is 9.59 Å². The van der Waals surface area contributed by atoms with E-state index in [-0.39, 0.29) is 16.9 Å². The summed E-state index contributed by atoms with van der Waals surface area (Å²) in [7, 11) is 1.32. The molecule has 0 unspecified atom stereocenters. The highest BCUT2D eigenvalue weighted by Gasteiger charge is 2.19. The molecule has 0 saturated heterocycles. The van der Waals surface area contributed by atoms with Crippen LogP contribution in [0.3, 0.4) is 0 Å². The van der Waals surface area contributed by atoms with Gasteiger partial charge in [0.2, 0.25) is 0 Å². The lowest BCUT2D eigenvalue weighted by Crippen LogP contribution is -2.17. The molecule has 0 fully saturated rings. The Morgan fingerprint density at radius 1 is 1.25 bits per heavy atom. The van der Waals surface area contributed by atoms with Crippen LogP contribution >= 0.6 is 23.4 Å². The summed E-state index contributed by atoms with van der Waals surface area (Å²) in [4.78, 5) is 24.7. The molecule has 4 nitrogen and oxygen atoms in total. The Labute approximate surface area is 148 Å². The van der Waals surface area contributed by atoms with Gasteiger partial charge in [0.1, 0.15) is 11.1 Å². The summed E-state index contributed by atoms with van der Waals surface area (Å²) in [6, 6.07) is 10.8. The van der Waals surface area contributed by atoms with Gasteiger partial charge in [0, 0.05) is 10.6 Å². The third kappa shape index (κ3) is 4.49. The quantitative estimate of drug-likeness (QED) is 0.629. The molecule has 0 radical (unpaired) electrons. The molecule has 2 aromatic carbocycles. The fourth-order valence-electron chi connectivity index (χ4n) is 1.93. The Morgan fingerprint density at radius 3 is 2.62 bits per heavy atom. The van der Waals surface area contributed by atoms with Crippen molar-refractivity contribution in [2.75, 3.05) is 12.4 Å². The Hall–Kier alpha value is -2.05. The van der Waals surface area contributed by atoms with Gasteiger partial charge in [0.25, 0.3) is 5.91 Å². The minimum atomic E-state index is -0.558. The normalized spacial score (nSPS) is 11.7. The van der Waals surface area contributed by atoms with Gasteiger partial charge in [-0.1, -0.05) is 23.7 Å². The lowest BCUT2D eigenvalue weighted by Gasteiger charge is -2.13. The summed E-state index contributed by atoms with van der Waals surface area (Å²) in [5.41, 5.74) is 0.783. The minimum Gasteiger partial charge on any atom is -0.468 e. The van der Waals surface area contributed by atoms with E-state index >= 15 is 0 Å². The lowest BCUT2D eigenvalue weighted by atomic mass is 10.2. The number of anilines is 1. The molecule has 126 valence electrons. The van der Waals surface area contributed by atoms with E-state index in [0.29, 0.717) is 16.1 Å². The molecule has 0 saturated carbocycles. The topological polar surface area (TPSA) is 55.4 Å². The van der Waals surface area contributed by atoms with Gasteiger partial charge in [0.15, 0.2) is 0 Å². The predicted octanol–water partition coefficient (Wildman–Crippen LogP) is 4.39. The highest BCUT2D eigenvalue weighted by Crippen LogP contribution is 2.28. The van der Waals surface area contributed by atoms with Crippen LogP contribution in [0.4, 0.5) is 10.1 Å². The van der Waals surface area contributed by atoms with E-state index in [0.717, 1.165) is 0 Å². The van der Waals surface area contributed by atoms with Gasteiger partial charge in [-0.15, -0.1) is 11.8 Å². The molecule has 0 bridgehead atoms. The van der Waals surface area contributed by atoms with Gasteiger partial charge < -0.3 is 10.1 Å². The summed E-state index contributed by atoms with van der Waals surface area (Å²) >= 11 is 6.94. The second-order valence-electron chi connectivity index (χ2n) is 4.86. The van der Waals surface area contributed by atoms with E-state index in [1.807, 2.05) is 0 Å². The number of hydrogen-bond acceptors (Lipinski definition) is 4. The third-order valence-corrected chi connectivity index (χ3v) is 4.59. The van der Waals surface area contributed by atoms with E-state index < -0.39 is 11.1 Å². The maximum absolute atomic E-state index is 13.2. The number of thioether (sulfide) groups is 1. The molecule has 7 heteroatoms. The highest BCUT2D eigenvalue weighted by atomic mass is 35.5. The molecule has 1 atom stereocenters. The number of methoxy groups -OCH3 is 1. The fourth-order valence-corrected chi connectivity index (χ4v) is 3.13. The number of esters is 1. The molecule has 0 aromatic heterocycles. The largest absolute Gasteiger partial charge is 0.468 e. The van der Waals surface area contributed by atoms with Crippen molar-refractivity contribution in [2.24, 2.45) is 0 Å². The smallest absolute Gasteiger partial charge is 0.318 e. The minimum absolute atomic E-state index is 0.0743. The van der Waals surface area contributed by atoms with Gasteiger partial charge in [0.05, 0.1) is 17.7 Å². The zero-order valence-corrected chi connectivity index (χ0v) is 14.6. The number of carbonyl (C=O) groups excluding carboxylic acids is 2. The number of hydrogen-bond donors (Lipinski definition) is 1. The van der Waals surface area contributed by atoms with Crippen molar-refractivity contribution in [3.63, 3.8) is 0 Å². The van der Waals surface area contributed by atoms with E-state index in [4.69, 9.17) is 16.3 Å². The standard InChI is InChI=1S/C17H15ClFNO3S/c1-10(17(22)23-2)24-15-6-4-3-5-12(15)16(21)20-11-7-8-14(19)13(18)9-11/h3-10H,1-2H3,(H,20,21)/t10-/m0/s1. The average Bonchev–Trinajstić information content (AvgIpc) is 2.57. The van der Waals surface area contributed by atoms with Crippen LogP contribution in [0, 0.1) is 5.82 Å². The summed E-state index contributed by atoms with van der Waals surface area (Å²) in [6.07, 6.45) is 0. The van der Waals surface area contributed by atoms with Crippen molar-refractivity contribution in [2.45, 2.75) is 17.1 Å². The molecule has 1 N–H and O–H groups in total. The van der Waals surface area contributed by atoms with Crippen LogP contribution < -0.4 is 5.32 Å². The first-order chi connectivity index (χ1) is 11.4. The Balaban J connectivity index is 2.20. The van der Waals surface area contributed by atoms with Gasteiger partial charge in [-0.05, 0) is 37.3 Å². The van der Waals surface area contributed by atoms with Crippen LogP contribution in [-0.2, 0) is 9.53 Å². The summed E-state index contributed by atoms with van der Waals surface area (Å²) in [6.45, 7) is 1.70. The highest BCUT2D eigenvalue weighted by molar-refractivity contribution is 8.00. The van der Waals surface area contributed by atoms with E-state index in [1.165, 1.54) is 37.1 Å². The number of benzene rings is 2. The molecule has 24 heavy (non-hydrogen) atoms. The molecule has 2 rings (SSSR count). The van der Waals surface area contributed by atoms with Gasteiger partial charge in [-0.2, -0.15) is 0 Å². The molecule has 1 amide bonds. The second kappa shape index (κ2) is 8.17. The molecule has 0 aliphatic heterocycles. The van der Waals surface area contributed by atoms with E-state index in [1.54, 1.807) is 31.2 Å². The summed E-state index contributed by atoms with van der Waals surface area (Å²) < 4.78 is 17.9. The van der Waals surface area contributed by atoms with Gasteiger partial charge in [-0.25, -0.2) is 4.39 Å². The van der Waals surface area contributed by atoms with Crippen molar-refractivity contribution in [1.29, 1.82) is 0 Å². The molecular weight excluding hydrogens is 353 g/mol. The monoisotopic (exact) mass is 367 g/mol. The zero-order chi connectivity index (χ0) is 17.7. The molecule has 0 aliphatic carbocycles. The van der Waals surface area contributed by atoms with E-state index in [9.17, 15) is 14.0 Å². The maximum atomic E-state index is 13.2. The molecule has 0 heterocycles. The first-order valence-electron chi connectivity index (χ1n) is 7.02. The zero-order valence-electron chi connectivity index (χ0n) is 13.0. The number of rotatable bonds is 5. The summed E-state index contributed by atoms with van der Waals surface area (Å²) in [5, 5.41) is 2.13. The Morgan fingerprint density at radius 2 is 1.96 bits per heavy atom. The van der Waals surface area contributed by atoms with E-state index in [2.05, 4.69) is 5.32 Å². The average molecular weight is 368 g/mol. The van der Waals surface area contributed by atoms with Gasteiger partial charge >= 0.3 is 5.97 Å². The molecule has 2 aromatic rings. The SMILES string of the molecule is COC(=O)[C@H](C)Sc1ccccc1C(=O)Nc1ccc(F)c(Cl)c1. The number of ether oxygens (including phenoxy) is 1. The Kier molecular flexibility index (Phi) is 6.23. The number of nitrogens with one attached hydrogen (secondary N) is 1. The first-order valence-corrected chi connectivity index (χ1v) is 8.28. The molecule has 0 aliphatic rings. The molecular formula is C17H15ClFNO3S. The fraction of sp³-hybridized carbons (Fsp3) is 0.176. The summed E-state index contributed by atoms with van der Waals surface area (Å²) in [5.74, 6) is -1.31. The maximum Gasteiger partial charge on any atom is 0.318 e. The number of amides is 1. The van der Waals surface area contributed by atoms with Crippen LogP contribution in [0.1, 0.15) is 17.3 Å². The van der Waals surface area contributed by atoms with Crippen LogP contribution in [0.15, 0.2) is 47.4 Å². The predicted molar refractivity (Wildman–Crippen MR) is 93.1 cm³/mol. The third-order valence-electron chi connectivity index (χ3n) is 3.15. The van der Waals surface area contributed by atoms with Crippen LogP contribution in [-0.4, -0.2) is 24.2 Å². The van der Waals surface area contributed by atoms with Crippen molar-refractivity contribution in [3.8, 4) is 0 Å². The lowest BCUT2D eigenvalue weighted by molar-refractivity contribution is -0.139. The number of carbonyl (C=O) groups is 2. The van der Waals surface area contributed by atoms with Crippen LogP contribution in [0.25, 0.3) is 0 Å².